The van der Waals surface area contributed by atoms with Gasteiger partial charge in [-0.05, 0) is 30.3 Å². The normalized spacial score (nSPS) is 10.7. The summed E-state index contributed by atoms with van der Waals surface area (Å²) >= 11 is 1.56. The summed E-state index contributed by atoms with van der Waals surface area (Å²) in [5, 5.41) is 9.94. The minimum Gasteiger partial charge on any atom is -0.354 e. The highest BCUT2D eigenvalue weighted by Gasteiger charge is 2.09. The number of halogens is 1. The molecule has 1 amide bonds. The van der Waals surface area contributed by atoms with E-state index in [0.717, 1.165) is 20.9 Å². The first-order valence-electron chi connectivity index (χ1n) is 9.69. The van der Waals surface area contributed by atoms with E-state index in [4.69, 9.17) is 0 Å². The molecule has 1 N–H and O–H groups in total. The second-order valence-corrected chi connectivity index (χ2v) is 7.69. The molecule has 0 atom stereocenters. The highest BCUT2D eigenvalue weighted by Crippen LogP contribution is 2.23. The van der Waals surface area contributed by atoms with Gasteiger partial charge in [-0.2, -0.15) is 5.10 Å². The van der Waals surface area contributed by atoms with E-state index in [1.165, 1.54) is 18.2 Å². The highest BCUT2D eigenvalue weighted by molar-refractivity contribution is 7.13. The van der Waals surface area contributed by atoms with Crippen molar-refractivity contribution in [3.8, 4) is 21.8 Å². The van der Waals surface area contributed by atoms with E-state index in [1.54, 1.807) is 29.5 Å². The lowest BCUT2D eigenvalue weighted by atomic mass is 10.1. The van der Waals surface area contributed by atoms with E-state index in [1.807, 2.05) is 35.7 Å². The van der Waals surface area contributed by atoms with Crippen molar-refractivity contribution >= 4 is 17.2 Å². The molecule has 4 rings (SSSR count). The zero-order valence-corrected chi connectivity index (χ0v) is 17.3. The number of hydrogen-bond acceptors (Lipinski definition) is 5. The van der Waals surface area contributed by atoms with Crippen molar-refractivity contribution in [2.75, 3.05) is 6.54 Å². The Hall–Kier alpha value is -3.65. The molecule has 0 spiro atoms. The Morgan fingerprint density at radius 2 is 1.77 bits per heavy atom. The number of carbonyl (C=O) groups excluding carboxylic acids is 1. The van der Waals surface area contributed by atoms with Crippen LogP contribution >= 0.6 is 11.3 Å². The topological polar surface area (TPSA) is 76.9 Å². The number of rotatable bonds is 7. The number of hydrogen-bond donors (Lipinski definition) is 1. The Morgan fingerprint density at radius 1 is 1.00 bits per heavy atom. The van der Waals surface area contributed by atoms with Crippen LogP contribution in [-0.4, -0.2) is 27.2 Å². The molecule has 0 fully saturated rings. The van der Waals surface area contributed by atoms with Crippen molar-refractivity contribution in [2.45, 2.75) is 13.0 Å². The third-order valence-electron chi connectivity index (χ3n) is 4.58. The fraction of sp³-hybridized carbons (Fsp3) is 0.130. The van der Waals surface area contributed by atoms with E-state index in [-0.39, 0.29) is 23.8 Å². The second kappa shape index (κ2) is 9.44. The van der Waals surface area contributed by atoms with Crippen molar-refractivity contribution in [1.82, 2.24) is 20.1 Å². The molecule has 0 bridgehead atoms. The van der Waals surface area contributed by atoms with Gasteiger partial charge in [0.15, 0.2) is 0 Å². The van der Waals surface area contributed by atoms with Gasteiger partial charge < -0.3 is 5.32 Å². The van der Waals surface area contributed by atoms with Crippen LogP contribution in [0.1, 0.15) is 5.69 Å². The summed E-state index contributed by atoms with van der Waals surface area (Å²) in [5.41, 5.74) is 2.73. The van der Waals surface area contributed by atoms with Gasteiger partial charge in [0, 0.05) is 35.5 Å². The maximum absolute atomic E-state index is 13.1. The molecule has 6 nitrogen and oxygen atoms in total. The lowest BCUT2D eigenvalue weighted by molar-refractivity contribution is -0.121. The zero-order chi connectivity index (χ0) is 21.6. The van der Waals surface area contributed by atoms with Crippen molar-refractivity contribution in [2.24, 2.45) is 0 Å². The molecule has 2 aromatic heterocycles. The molecule has 0 saturated carbocycles. The number of amides is 1. The van der Waals surface area contributed by atoms with Gasteiger partial charge in [-0.15, -0.1) is 11.3 Å². The Bertz CT molecular complexity index is 1240. The molecule has 156 valence electrons. The number of nitrogens with zero attached hydrogens (tertiary/aromatic N) is 3. The number of thiazole rings is 1. The SMILES string of the molecule is O=C(Cn1nc(-c2ccc(F)cc2)ccc1=O)NCCc1csc(-c2ccccc2)n1. The predicted octanol–water partition coefficient (Wildman–Crippen LogP) is 3.53. The second-order valence-electron chi connectivity index (χ2n) is 6.83. The van der Waals surface area contributed by atoms with Crippen LogP contribution in [-0.2, 0) is 17.8 Å². The molecule has 4 aromatic rings. The largest absolute Gasteiger partial charge is 0.354 e. The highest BCUT2D eigenvalue weighted by atomic mass is 32.1. The first-order valence-corrected chi connectivity index (χ1v) is 10.6. The van der Waals surface area contributed by atoms with Gasteiger partial charge in [0.25, 0.3) is 5.56 Å². The van der Waals surface area contributed by atoms with Crippen molar-refractivity contribution in [1.29, 1.82) is 0 Å². The standard InChI is InChI=1S/C23H19FN4O2S/c24-18-8-6-16(7-9-18)20-10-11-22(30)28(27-20)14-21(29)25-13-12-19-15-31-23(26-19)17-4-2-1-3-5-17/h1-11,15H,12-14H2,(H,25,29). The predicted molar refractivity (Wildman–Crippen MR) is 118 cm³/mol. The molecular formula is C23H19FN4O2S. The third-order valence-corrected chi connectivity index (χ3v) is 5.52. The summed E-state index contributed by atoms with van der Waals surface area (Å²) in [6.07, 6.45) is 0.590. The quantitative estimate of drug-likeness (QED) is 0.483. The summed E-state index contributed by atoms with van der Waals surface area (Å²) in [4.78, 5) is 29.0. The van der Waals surface area contributed by atoms with E-state index >= 15 is 0 Å². The first kappa shape index (κ1) is 20.6. The molecule has 0 aliphatic rings. The van der Waals surface area contributed by atoms with Crippen LogP contribution in [0.15, 0.2) is 76.9 Å². The van der Waals surface area contributed by atoms with Crippen LogP contribution in [0.4, 0.5) is 4.39 Å². The van der Waals surface area contributed by atoms with E-state index in [9.17, 15) is 14.0 Å². The van der Waals surface area contributed by atoms with Crippen LogP contribution < -0.4 is 10.9 Å². The van der Waals surface area contributed by atoms with E-state index in [2.05, 4.69) is 15.4 Å². The summed E-state index contributed by atoms with van der Waals surface area (Å²) in [6, 6.07) is 18.6. The van der Waals surface area contributed by atoms with Crippen molar-refractivity contribution in [3.63, 3.8) is 0 Å². The Kier molecular flexibility index (Phi) is 6.28. The molecule has 0 saturated heterocycles. The maximum atomic E-state index is 13.1. The molecule has 0 radical (unpaired) electrons. The Balaban J connectivity index is 1.34. The zero-order valence-electron chi connectivity index (χ0n) is 16.5. The van der Waals surface area contributed by atoms with Gasteiger partial charge in [0.05, 0.1) is 11.4 Å². The maximum Gasteiger partial charge on any atom is 0.267 e. The average Bonchev–Trinajstić information content (AvgIpc) is 3.25. The molecular weight excluding hydrogens is 415 g/mol. The number of benzene rings is 2. The average molecular weight is 434 g/mol. The Labute approximate surface area is 182 Å². The fourth-order valence-electron chi connectivity index (χ4n) is 2.99. The molecule has 0 aliphatic carbocycles. The van der Waals surface area contributed by atoms with Gasteiger partial charge in [-0.3, -0.25) is 9.59 Å². The van der Waals surface area contributed by atoms with Gasteiger partial charge in [-0.25, -0.2) is 14.1 Å². The van der Waals surface area contributed by atoms with Crippen LogP contribution in [0.3, 0.4) is 0 Å². The molecule has 8 heteroatoms. The van der Waals surface area contributed by atoms with Crippen molar-refractivity contribution in [3.05, 3.63) is 94.0 Å². The molecule has 2 aromatic carbocycles. The monoisotopic (exact) mass is 434 g/mol. The lowest BCUT2D eigenvalue weighted by Gasteiger charge is -2.08. The molecule has 31 heavy (non-hydrogen) atoms. The number of aromatic nitrogens is 3. The van der Waals surface area contributed by atoms with Crippen LogP contribution in [0.2, 0.25) is 0 Å². The molecule has 2 heterocycles. The first-order chi connectivity index (χ1) is 15.1. The fourth-order valence-corrected chi connectivity index (χ4v) is 3.85. The van der Waals surface area contributed by atoms with Crippen LogP contribution in [0, 0.1) is 5.82 Å². The lowest BCUT2D eigenvalue weighted by Crippen LogP contribution is -2.34. The third kappa shape index (κ3) is 5.29. The minimum absolute atomic E-state index is 0.194. The van der Waals surface area contributed by atoms with Crippen LogP contribution in [0.5, 0.6) is 0 Å². The van der Waals surface area contributed by atoms with Gasteiger partial charge in [-0.1, -0.05) is 30.3 Å². The van der Waals surface area contributed by atoms with Gasteiger partial charge >= 0.3 is 0 Å². The smallest absolute Gasteiger partial charge is 0.267 e. The van der Waals surface area contributed by atoms with Crippen LogP contribution in [0.25, 0.3) is 21.8 Å². The minimum atomic E-state index is -0.381. The summed E-state index contributed by atoms with van der Waals surface area (Å²) in [7, 11) is 0. The van der Waals surface area contributed by atoms with Crippen molar-refractivity contribution < 1.29 is 9.18 Å². The summed E-state index contributed by atoms with van der Waals surface area (Å²) < 4.78 is 14.2. The van der Waals surface area contributed by atoms with E-state index < -0.39 is 0 Å². The van der Waals surface area contributed by atoms with Gasteiger partial charge in [0.2, 0.25) is 5.91 Å². The number of nitrogens with one attached hydrogen (secondary N) is 1. The Morgan fingerprint density at radius 3 is 2.55 bits per heavy atom. The van der Waals surface area contributed by atoms with Gasteiger partial charge in [0.1, 0.15) is 17.4 Å². The van der Waals surface area contributed by atoms with E-state index in [0.29, 0.717) is 24.2 Å². The molecule has 0 aliphatic heterocycles. The number of carbonyl (C=O) groups is 1. The summed E-state index contributed by atoms with van der Waals surface area (Å²) in [6.45, 7) is 0.212. The summed E-state index contributed by atoms with van der Waals surface area (Å²) in [5.74, 6) is -0.670. The molecule has 0 unspecified atom stereocenters.